The normalized spacial score (nSPS) is 11.8. The van der Waals surface area contributed by atoms with E-state index in [0.29, 0.717) is 22.2 Å². The summed E-state index contributed by atoms with van der Waals surface area (Å²) in [4.78, 5) is 27.4. The van der Waals surface area contributed by atoms with Gasteiger partial charge in [-0.05, 0) is 68.7 Å². The number of halogens is 2. The molecule has 0 aromatic heterocycles. The van der Waals surface area contributed by atoms with E-state index in [9.17, 15) is 9.59 Å². The van der Waals surface area contributed by atoms with Gasteiger partial charge in [-0.1, -0.05) is 42.3 Å². The van der Waals surface area contributed by atoms with Crippen molar-refractivity contribution in [1.82, 2.24) is 10.2 Å². The van der Waals surface area contributed by atoms with Gasteiger partial charge < -0.3 is 15.0 Å². The second-order valence-corrected chi connectivity index (χ2v) is 8.28. The predicted octanol–water partition coefficient (Wildman–Crippen LogP) is 5.01. The number of aryl methyl sites for hydroxylation is 1. The van der Waals surface area contributed by atoms with Gasteiger partial charge in [0, 0.05) is 22.6 Å². The Morgan fingerprint density at radius 2 is 1.77 bits per heavy atom. The number of carbonyl (C=O) groups excluding carboxylic acids is 2. The Balaban J connectivity index is 2.21. The van der Waals surface area contributed by atoms with E-state index in [4.69, 9.17) is 27.9 Å². The van der Waals surface area contributed by atoms with Gasteiger partial charge in [-0.3, -0.25) is 9.59 Å². The Bertz CT molecular complexity index is 869. The standard InChI is InChI=1S/C23H28Cl2N2O3/c1-5-21(23(29)26-15(2)3)27(13-17-6-8-18(24)9-7-17)22(28)14-30-19-10-11-20(25)16(4)12-19/h6-12,15,21H,5,13-14H2,1-4H3,(H,26,29)/t21-/m0/s1. The highest BCUT2D eigenvalue weighted by atomic mass is 35.5. The first-order valence-corrected chi connectivity index (χ1v) is 10.7. The van der Waals surface area contributed by atoms with Crippen molar-refractivity contribution in [2.24, 2.45) is 0 Å². The smallest absolute Gasteiger partial charge is 0.261 e. The van der Waals surface area contributed by atoms with E-state index < -0.39 is 6.04 Å². The largest absolute Gasteiger partial charge is 0.484 e. The lowest BCUT2D eigenvalue weighted by molar-refractivity contribution is -0.143. The maximum atomic E-state index is 13.1. The first-order chi connectivity index (χ1) is 14.2. The van der Waals surface area contributed by atoms with Crippen LogP contribution in [0.25, 0.3) is 0 Å². The van der Waals surface area contributed by atoms with Crippen molar-refractivity contribution in [3.8, 4) is 5.75 Å². The summed E-state index contributed by atoms with van der Waals surface area (Å²) in [7, 11) is 0. The molecule has 7 heteroatoms. The van der Waals surface area contributed by atoms with Gasteiger partial charge >= 0.3 is 0 Å². The predicted molar refractivity (Wildman–Crippen MR) is 121 cm³/mol. The van der Waals surface area contributed by atoms with Crippen molar-refractivity contribution in [3.63, 3.8) is 0 Å². The number of carbonyl (C=O) groups is 2. The first-order valence-electron chi connectivity index (χ1n) is 9.94. The molecule has 1 atom stereocenters. The quantitative estimate of drug-likeness (QED) is 0.583. The van der Waals surface area contributed by atoms with Crippen LogP contribution in [-0.4, -0.2) is 35.4 Å². The first kappa shape index (κ1) is 24.0. The number of nitrogens with one attached hydrogen (secondary N) is 1. The Morgan fingerprint density at radius 1 is 1.10 bits per heavy atom. The molecular formula is C23H28Cl2N2O3. The van der Waals surface area contributed by atoms with Crippen LogP contribution < -0.4 is 10.1 Å². The Labute approximate surface area is 188 Å². The maximum absolute atomic E-state index is 13.1. The zero-order valence-electron chi connectivity index (χ0n) is 17.7. The van der Waals surface area contributed by atoms with Crippen LogP contribution in [0.2, 0.25) is 10.0 Å². The molecule has 0 unspecified atom stereocenters. The lowest BCUT2D eigenvalue weighted by Crippen LogP contribution is -2.51. The molecule has 2 aromatic rings. The molecule has 0 spiro atoms. The van der Waals surface area contributed by atoms with Crippen LogP contribution >= 0.6 is 23.2 Å². The van der Waals surface area contributed by atoms with Gasteiger partial charge in [0.25, 0.3) is 5.91 Å². The van der Waals surface area contributed by atoms with E-state index in [1.165, 1.54) is 0 Å². The van der Waals surface area contributed by atoms with Crippen LogP contribution in [0.3, 0.4) is 0 Å². The number of rotatable bonds is 9. The highest BCUT2D eigenvalue weighted by Crippen LogP contribution is 2.21. The summed E-state index contributed by atoms with van der Waals surface area (Å²) in [6.45, 7) is 7.64. The molecule has 2 amide bonds. The fourth-order valence-corrected chi connectivity index (χ4v) is 3.27. The summed E-state index contributed by atoms with van der Waals surface area (Å²) in [5, 5.41) is 4.15. The van der Waals surface area contributed by atoms with Crippen LogP contribution in [0.5, 0.6) is 5.75 Å². The molecular weight excluding hydrogens is 423 g/mol. The van der Waals surface area contributed by atoms with Crippen molar-refractivity contribution < 1.29 is 14.3 Å². The van der Waals surface area contributed by atoms with Gasteiger partial charge in [-0.2, -0.15) is 0 Å². The Kier molecular flexibility index (Phi) is 9.00. The van der Waals surface area contributed by atoms with Gasteiger partial charge in [0.15, 0.2) is 6.61 Å². The molecule has 162 valence electrons. The van der Waals surface area contributed by atoms with Gasteiger partial charge in [0.1, 0.15) is 11.8 Å². The van der Waals surface area contributed by atoms with Crippen molar-refractivity contribution in [2.45, 2.75) is 52.7 Å². The van der Waals surface area contributed by atoms with Crippen LogP contribution in [-0.2, 0) is 16.1 Å². The average molecular weight is 451 g/mol. The molecule has 0 aliphatic heterocycles. The molecule has 0 radical (unpaired) electrons. The number of hydrogen-bond donors (Lipinski definition) is 1. The van der Waals surface area contributed by atoms with Gasteiger partial charge in [-0.15, -0.1) is 0 Å². The van der Waals surface area contributed by atoms with Crippen molar-refractivity contribution >= 4 is 35.0 Å². The molecule has 0 aliphatic carbocycles. The minimum Gasteiger partial charge on any atom is -0.484 e. The molecule has 1 N–H and O–H groups in total. The molecule has 0 saturated heterocycles. The highest BCUT2D eigenvalue weighted by Gasteiger charge is 2.29. The third-order valence-corrected chi connectivity index (χ3v) is 5.25. The number of ether oxygens (including phenoxy) is 1. The van der Waals surface area contributed by atoms with Gasteiger partial charge in [-0.25, -0.2) is 0 Å². The van der Waals surface area contributed by atoms with E-state index in [-0.39, 0.29) is 31.0 Å². The minimum atomic E-state index is -0.605. The fourth-order valence-electron chi connectivity index (χ4n) is 3.02. The van der Waals surface area contributed by atoms with E-state index in [1.807, 2.05) is 39.8 Å². The van der Waals surface area contributed by atoms with Crippen LogP contribution in [0.4, 0.5) is 0 Å². The summed E-state index contributed by atoms with van der Waals surface area (Å²) in [5.74, 6) is 0.0943. The summed E-state index contributed by atoms with van der Waals surface area (Å²) in [6.07, 6.45) is 0.484. The van der Waals surface area contributed by atoms with Crippen molar-refractivity contribution in [2.75, 3.05) is 6.61 Å². The third-order valence-electron chi connectivity index (χ3n) is 4.57. The monoisotopic (exact) mass is 450 g/mol. The molecule has 0 saturated carbocycles. The second-order valence-electron chi connectivity index (χ2n) is 7.44. The molecule has 2 aromatic carbocycles. The van der Waals surface area contributed by atoms with Crippen LogP contribution in [0.15, 0.2) is 42.5 Å². The van der Waals surface area contributed by atoms with Crippen LogP contribution in [0.1, 0.15) is 38.3 Å². The molecule has 0 heterocycles. The minimum absolute atomic E-state index is 0.0210. The van der Waals surface area contributed by atoms with Crippen molar-refractivity contribution in [1.29, 1.82) is 0 Å². The average Bonchev–Trinajstić information content (AvgIpc) is 2.69. The van der Waals surface area contributed by atoms with Gasteiger partial charge in [0.05, 0.1) is 0 Å². The topological polar surface area (TPSA) is 58.6 Å². The summed E-state index contributed by atoms with van der Waals surface area (Å²) in [5.41, 5.74) is 1.74. The van der Waals surface area contributed by atoms with Gasteiger partial charge in [0.2, 0.25) is 5.91 Å². The molecule has 0 bridgehead atoms. The molecule has 0 aliphatic rings. The number of nitrogens with zero attached hydrogens (tertiary/aromatic N) is 1. The molecule has 0 fully saturated rings. The molecule has 5 nitrogen and oxygen atoms in total. The van der Waals surface area contributed by atoms with Crippen molar-refractivity contribution in [3.05, 3.63) is 63.6 Å². The van der Waals surface area contributed by atoms with E-state index in [2.05, 4.69) is 5.32 Å². The Morgan fingerprint density at radius 3 is 2.33 bits per heavy atom. The highest BCUT2D eigenvalue weighted by molar-refractivity contribution is 6.31. The Hall–Kier alpha value is -2.24. The lowest BCUT2D eigenvalue weighted by atomic mass is 10.1. The SMILES string of the molecule is CC[C@@H](C(=O)NC(C)C)N(Cc1ccc(Cl)cc1)C(=O)COc1ccc(Cl)c(C)c1. The summed E-state index contributed by atoms with van der Waals surface area (Å²) >= 11 is 12.0. The van der Waals surface area contributed by atoms with E-state index in [0.717, 1.165) is 11.1 Å². The van der Waals surface area contributed by atoms with Crippen LogP contribution in [0, 0.1) is 6.92 Å². The fraction of sp³-hybridized carbons (Fsp3) is 0.391. The number of hydrogen-bond acceptors (Lipinski definition) is 3. The summed E-state index contributed by atoms with van der Waals surface area (Å²) < 4.78 is 5.69. The molecule has 30 heavy (non-hydrogen) atoms. The van der Waals surface area contributed by atoms with E-state index in [1.54, 1.807) is 35.2 Å². The zero-order valence-corrected chi connectivity index (χ0v) is 19.3. The molecule has 2 rings (SSSR count). The third kappa shape index (κ3) is 6.92. The number of amides is 2. The zero-order chi connectivity index (χ0) is 22.3. The second kappa shape index (κ2) is 11.2. The van der Waals surface area contributed by atoms with E-state index >= 15 is 0 Å². The number of benzene rings is 2. The lowest BCUT2D eigenvalue weighted by Gasteiger charge is -2.31. The summed E-state index contributed by atoms with van der Waals surface area (Å²) in [6, 6.07) is 11.8. The maximum Gasteiger partial charge on any atom is 0.261 e.